The van der Waals surface area contributed by atoms with E-state index in [9.17, 15) is 14.4 Å². The molecule has 0 fully saturated rings. The summed E-state index contributed by atoms with van der Waals surface area (Å²) in [5.41, 5.74) is 3.06. The van der Waals surface area contributed by atoms with Gasteiger partial charge in [-0.25, -0.2) is 0 Å². The third-order valence-corrected chi connectivity index (χ3v) is 4.91. The lowest BCUT2D eigenvalue weighted by atomic mass is 9.84. The van der Waals surface area contributed by atoms with Crippen LogP contribution in [0.3, 0.4) is 0 Å². The van der Waals surface area contributed by atoms with E-state index >= 15 is 0 Å². The van der Waals surface area contributed by atoms with Gasteiger partial charge < -0.3 is 10.1 Å². The van der Waals surface area contributed by atoms with Crippen molar-refractivity contribution in [3.05, 3.63) is 94.5 Å². The van der Waals surface area contributed by atoms with Crippen molar-refractivity contribution >= 4 is 23.2 Å². The monoisotopic (exact) mass is 385 g/mol. The van der Waals surface area contributed by atoms with Gasteiger partial charge in [-0.05, 0) is 42.3 Å². The fourth-order valence-electron chi connectivity index (χ4n) is 3.34. The fraction of sp³-hybridized carbons (Fsp3) is 0.125. The number of rotatable bonds is 5. The highest BCUT2D eigenvalue weighted by Crippen LogP contribution is 2.29. The lowest BCUT2D eigenvalue weighted by Gasteiger charge is -2.18. The van der Waals surface area contributed by atoms with Crippen molar-refractivity contribution in [1.82, 2.24) is 0 Å². The molecule has 5 nitrogen and oxygen atoms in total. The summed E-state index contributed by atoms with van der Waals surface area (Å²) in [5.74, 6) is -0.148. The zero-order valence-corrected chi connectivity index (χ0v) is 15.9. The Hall–Kier alpha value is -3.73. The number of hydrogen-bond acceptors (Lipinski definition) is 4. The summed E-state index contributed by atoms with van der Waals surface area (Å²) in [6.45, 7) is 1.91. The smallest absolute Gasteiger partial charge is 0.262 e. The molecule has 29 heavy (non-hydrogen) atoms. The number of amides is 1. The van der Waals surface area contributed by atoms with Crippen LogP contribution in [-0.4, -0.2) is 24.1 Å². The van der Waals surface area contributed by atoms with Crippen molar-refractivity contribution in [3.63, 3.8) is 0 Å². The second-order valence-corrected chi connectivity index (χ2v) is 6.80. The minimum Gasteiger partial charge on any atom is -0.484 e. The number of fused-ring (bicyclic) bond motifs is 2. The zero-order valence-electron chi connectivity index (χ0n) is 15.9. The Kier molecular flexibility index (Phi) is 4.96. The molecule has 0 aliphatic heterocycles. The molecule has 0 saturated heterocycles. The van der Waals surface area contributed by atoms with Gasteiger partial charge in [0.2, 0.25) is 0 Å². The second-order valence-electron chi connectivity index (χ2n) is 6.80. The van der Waals surface area contributed by atoms with Crippen LogP contribution in [-0.2, 0) is 11.2 Å². The maximum Gasteiger partial charge on any atom is 0.262 e. The number of aryl methyl sites for hydroxylation is 1. The van der Waals surface area contributed by atoms with Crippen LogP contribution in [0.5, 0.6) is 5.75 Å². The zero-order chi connectivity index (χ0) is 20.4. The minimum absolute atomic E-state index is 0.154. The van der Waals surface area contributed by atoms with Gasteiger partial charge in [-0.1, -0.05) is 43.3 Å². The molecule has 1 aliphatic rings. The fourth-order valence-corrected chi connectivity index (χ4v) is 3.34. The van der Waals surface area contributed by atoms with Gasteiger partial charge in [-0.2, -0.15) is 0 Å². The van der Waals surface area contributed by atoms with Crippen LogP contribution in [0.2, 0.25) is 0 Å². The van der Waals surface area contributed by atoms with E-state index in [0.717, 1.165) is 6.42 Å². The highest BCUT2D eigenvalue weighted by Gasteiger charge is 2.29. The maximum atomic E-state index is 12.8. The Morgan fingerprint density at radius 3 is 2.10 bits per heavy atom. The first-order valence-corrected chi connectivity index (χ1v) is 9.41. The Bertz CT molecular complexity index is 1120. The highest BCUT2D eigenvalue weighted by atomic mass is 16.5. The Morgan fingerprint density at radius 1 is 0.828 bits per heavy atom. The van der Waals surface area contributed by atoms with Crippen LogP contribution in [0.15, 0.2) is 66.7 Å². The SMILES string of the molecule is CCc1ccc(OCC(=O)Nc2ccc3c(c2)C(=O)c2ccccc2C3=O)cc1. The Labute approximate surface area is 168 Å². The van der Waals surface area contributed by atoms with Crippen LogP contribution < -0.4 is 10.1 Å². The average Bonchev–Trinajstić information content (AvgIpc) is 2.76. The number of carbonyl (C=O) groups is 3. The first-order chi connectivity index (χ1) is 14.1. The van der Waals surface area contributed by atoms with E-state index < -0.39 is 0 Å². The summed E-state index contributed by atoms with van der Waals surface area (Å²) in [7, 11) is 0. The van der Waals surface area contributed by atoms with Crippen LogP contribution >= 0.6 is 0 Å². The van der Waals surface area contributed by atoms with Crippen LogP contribution in [0.4, 0.5) is 5.69 Å². The third-order valence-electron chi connectivity index (χ3n) is 4.91. The molecule has 0 radical (unpaired) electrons. The predicted molar refractivity (Wildman–Crippen MR) is 110 cm³/mol. The summed E-state index contributed by atoms with van der Waals surface area (Å²) >= 11 is 0. The molecular formula is C24H19NO4. The lowest BCUT2D eigenvalue weighted by molar-refractivity contribution is -0.118. The molecule has 0 aromatic heterocycles. The maximum absolute atomic E-state index is 12.8. The summed E-state index contributed by atoms with van der Waals surface area (Å²) in [5, 5.41) is 2.72. The molecule has 1 aliphatic carbocycles. The van der Waals surface area contributed by atoms with Gasteiger partial charge in [0.1, 0.15) is 5.75 Å². The number of ether oxygens (including phenoxy) is 1. The van der Waals surface area contributed by atoms with E-state index in [1.165, 1.54) is 5.56 Å². The summed E-state index contributed by atoms with van der Waals surface area (Å²) in [6.07, 6.45) is 0.935. The molecule has 3 aromatic rings. The van der Waals surface area contributed by atoms with Gasteiger partial charge in [0.05, 0.1) is 0 Å². The summed E-state index contributed by atoms with van der Waals surface area (Å²) in [6, 6.07) is 19.1. The van der Waals surface area contributed by atoms with Gasteiger partial charge in [-0.3, -0.25) is 14.4 Å². The van der Waals surface area contributed by atoms with E-state index in [2.05, 4.69) is 12.2 Å². The molecule has 0 bridgehead atoms. The number of hydrogen-bond donors (Lipinski definition) is 1. The van der Waals surface area contributed by atoms with E-state index in [4.69, 9.17) is 4.74 Å². The average molecular weight is 385 g/mol. The topological polar surface area (TPSA) is 72.5 Å². The van der Waals surface area contributed by atoms with Crippen molar-refractivity contribution in [3.8, 4) is 5.75 Å². The molecule has 1 amide bonds. The van der Waals surface area contributed by atoms with Gasteiger partial charge in [-0.15, -0.1) is 0 Å². The van der Waals surface area contributed by atoms with E-state index in [1.807, 2.05) is 24.3 Å². The highest BCUT2D eigenvalue weighted by molar-refractivity contribution is 6.28. The largest absolute Gasteiger partial charge is 0.484 e. The molecule has 0 saturated carbocycles. The quantitative estimate of drug-likeness (QED) is 0.563. The molecule has 1 N–H and O–H groups in total. The van der Waals surface area contributed by atoms with Crippen molar-refractivity contribution in [1.29, 1.82) is 0 Å². The first kappa shape index (κ1) is 18.6. The van der Waals surface area contributed by atoms with Gasteiger partial charge in [0.15, 0.2) is 18.2 Å². The van der Waals surface area contributed by atoms with Gasteiger partial charge in [0.25, 0.3) is 5.91 Å². The normalized spacial score (nSPS) is 12.2. The van der Waals surface area contributed by atoms with E-state index in [0.29, 0.717) is 33.7 Å². The number of anilines is 1. The van der Waals surface area contributed by atoms with Gasteiger partial charge >= 0.3 is 0 Å². The van der Waals surface area contributed by atoms with Gasteiger partial charge in [0, 0.05) is 27.9 Å². The molecule has 0 atom stereocenters. The first-order valence-electron chi connectivity index (χ1n) is 9.41. The number of nitrogens with one attached hydrogen (secondary N) is 1. The molecule has 0 spiro atoms. The van der Waals surface area contributed by atoms with E-state index in [1.54, 1.807) is 42.5 Å². The molecule has 4 rings (SSSR count). The predicted octanol–water partition coefficient (Wildman–Crippen LogP) is 4.04. The minimum atomic E-state index is -0.348. The van der Waals surface area contributed by atoms with E-state index in [-0.39, 0.29) is 24.1 Å². The van der Waals surface area contributed by atoms with Crippen molar-refractivity contribution in [2.75, 3.05) is 11.9 Å². The molecule has 144 valence electrons. The standard InChI is InChI=1S/C24H19NO4/c1-2-15-7-10-17(11-8-15)29-14-22(26)25-16-9-12-20-21(13-16)24(28)19-6-4-3-5-18(19)23(20)27/h3-13H,2,14H2,1H3,(H,25,26). The summed E-state index contributed by atoms with van der Waals surface area (Å²) < 4.78 is 5.50. The van der Waals surface area contributed by atoms with Crippen molar-refractivity contribution in [2.24, 2.45) is 0 Å². The lowest BCUT2D eigenvalue weighted by Crippen LogP contribution is -2.23. The number of carbonyl (C=O) groups excluding carboxylic acids is 3. The van der Waals surface area contributed by atoms with Crippen LogP contribution in [0.1, 0.15) is 44.3 Å². The molecule has 0 unspecified atom stereocenters. The van der Waals surface area contributed by atoms with Crippen LogP contribution in [0, 0.1) is 0 Å². The Balaban J connectivity index is 1.47. The van der Waals surface area contributed by atoms with Crippen LogP contribution in [0.25, 0.3) is 0 Å². The number of ketones is 2. The molecule has 3 aromatic carbocycles. The Morgan fingerprint density at radius 2 is 1.45 bits per heavy atom. The third kappa shape index (κ3) is 3.67. The summed E-state index contributed by atoms with van der Waals surface area (Å²) in [4.78, 5) is 37.6. The molecular weight excluding hydrogens is 366 g/mol. The van der Waals surface area contributed by atoms with Crippen molar-refractivity contribution < 1.29 is 19.1 Å². The van der Waals surface area contributed by atoms with Crippen molar-refractivity contribution in [2.45, 2.75) is 13.3 Å². The number of benzene rings is 3. The molecule has 5 heteroatoms. The molecule has 0 heterocycles. The second kappa shape index (κ2) is 7.72.